The molecule has 2 heterocycles. The number of aromatic amines is 1. The van der Waals surface area contributed by atoms with Crippen LogP contribution in [-0.4, -0.2) is 50.6 Å². The van der Waals surface area contributed by atoms with Crippen LogP contribution in [0.25, 0.3) is 10.9 Å². The Hall–Kier alpha value is -4.17. The van der Waals surface area contributed by atoms with Crippen molar-refractivity contribution in [2.24, 2.45) is 0 Å². The highest BCUT2D eigenvalue weighted by Gasteiger charge is 2.23. The van der Waals surface area contributed by atoms with Crippen LogP contribution in [-0.2, 0) is 16.1 Å². The monoisotopic (exact) mass is 482 g/mol. The Balaban J connectivity index is 1.78. The lowest BCUT2D eigenvalue weighted by atomic mass is 10.1. The normalized spacial score (nSPS) is 11.5. The number of aryl methyl sites for hydroxylation is 1. The number of carbonyl (C=O) groups excluding carboxylic acids is 1. The molecule has 4 N–H and O–H groups in total. The third kappa shape index (κ3) is 5.99. The van der Waals surface area contributed by atoms with E-state index in [4.69, 9.17) is 11.5 Å². The van der Waals surface area contributed by atoms with Gasteiger partial charge in [-0.25, -0.2) is 9.78 Å². The van der Waals surface area contributed by atoms with Crippen LogP contribution in [0.4, 0.5) is 5.00 Å². The molecule has 0 saturated carbocycles. The van der Waals surface area contributed by atoms with Crippen molar-refractivity contribution in [3.8, 4) is 12.3 Å². The van der Waals surface area contributed by atoms with E-state index in [1.54, 1.807) is 31.2 Å². The number of nitrogens with zero attached hydrogens (tertiary/aromatic N) is 2. The summed E-state index contributed by atoms with van der Waals surface area (Å²) in [5.74, 6) is 0.0247. The number of rotatable bonds is 10. The molecule has 176 valence electrons. The highest BCUT2D eigenvalue weighted by atomic mass is 32.1. The van der Waals surface area contributed by atoms with Crippen LogP contribution in [0.2, 0.25) is 0 Å². The van der Waals surface area contributed by atoms with Gasteiger partial charge in [0.1, 0.15) is 11.9 Å². The molecule has 1 atom stereocenters. The zero-order chi connectivity index (χ0) is 24.8. The number of amides is 1. The number of anilines is 1. The predicted octanol–water partition coefficient (Wildman–Crippen LogP) is 1.98. The van der Waals surface area contributed by atoms with Crippen molar-refractivity contribution in [2.45, 2.75) is 32.4 Å². The zero-order valence-corrected chi connectivity index (χ0v) is 19.0. The molecule has 34 heavy (non-hydrogen) atoms. The van der Waals surface area contributed by atoms with Crippen molar-refractivity contribution < 1.29 is 24.6 Å². The Morgan fingerprint density at radius 1 is 1.26 bits per heavy atom. The molecule has 3 aromatic rings. The third-order valence-electron chi connectivity index (χ3n) is 4.92. The van der Waals surface area contributed by atoms with E-state index in [1.807, 2.05) is 11.0 Å². The Morgan fingerprint density at radius 2 is 2.03 bits per heavy atom. The number of carbonyl (C=O) groups is 3. The molecule has 0 saturated heterocycles. The van der Waals surface area contributed by atoms with Gasteiger partial charge in [0.05, 0.1) is 27.3 Å². The van der Waals surface area contributed by atoms with E-state index in [2.05, 4.69) is 21.2 Å². The number of hydrogen-bond acceptors (Lipinski definition) is 7. The lowest BCUT2D eigenvalue weighted by Gasteiger charge is -2.20. The summed E-state index contributed by atoms with van der Waals surface area (Å²) in [5, 5.41) is 21.5. The summed E-state index contributed by atoms with van der Waals surface area (Å²) in [6.45, 7) is 2.31. The second-order valence-electron chi connectivity index (χ2n) is 7.50. The van der Waals surface area contributed by atoms with Crippen molar-refractivity contribution >= 4 is 45.1 Å². The van der Waals surface area contributed by atoms with Gasteiger partial charge in [-0.2, -0.15) is 0 Å². The van der Waals surface area contributed by atoms with Gasteiger partial charge in [-0.15, -0.1) is 17.8 Å². The van der Waals surface area contributed by atoms with Crippen molar-refractivity contribution in [3.63, 3.8) is 0 Å². The molecule has 2 aromatic heterocycles. The number of carboxylic acids is 2. The molecular weight excluding hydrogens is 460 g/mol. The van der Waals surface area contributed by atoms with E-state index in [-0.39, 0.29) is 29.8 Å². The molecule has 0 aliphatic heterocycles. The quantitative estimate of drug-likeness (QED) is 0.320. The number of terminal acetylenes is 1. The molecule has 11 heteroatoms. The van der Waals surface area contributed by atoms with E-state index >= 15 is 0 Å². The van der Waals surface area contributed by atoms with E-state index < -0.39 is 23.9 Å². The van der Waals surface area contributed by atoms with Crippen LogP contribution in [0.15, 0.2) is 35.1 Å². The van der Waals surface area contributed by atoms with E-state index in [0.29, 0.717) is 28.3 Å². The van der Waals surface area contributed by atoms with Gasteiger partial charge in [0.2, 0.25) is 0 Å². The second kappa shape index (κ2) is 10.6. The first-order valence-electron chi connectivity index (χ1n) is 10.2. The summed E-state index contributed by atoms with van der Waals surface area (Å²) in [4.78, 5) is 56.0. The van der Waals surface area contributed by atoms with Crippen LogP contribution >= 0.6 is 11.3 Å². The topological polar surface area (TPSA) is 153 Å². The van der Waals surface area contributed by atoms with Crippen LogP contribution in [0.5, 0.6) is 0 Å². The molecule has 10 nitrogen and oxygen atoms in total. The van der Waals surface area contributed by atoms with Gasteiger partial charge in [0, 0.05) is 13.0 Å². The maximum atomic E-state index is 12.6. The number of H-pyrrole nitrogens is 1. The SMILES string of the molecule is C#CCN(Cc1ccc2nc(C)[nH]c(=O)c2c1)c1ccc(C(=O)N[C@@H](CCC(=O)O)C(=O)O)s1. The highest BCUT2D eigenvalue weighted by Crippen LogP contribution is 2.28. The number of carboxylic acid groups (broad SMARTS) is 2. The van der Waals surface area contributed by atoms with Crippen molar-refractivity contribution in [1.29, 1.82) is 0 Å². The largest absolute Gasteiger partial charge is 0.481 e. The van der Waals surface area contributed by atoms with Crippen molar-refractivity contribution in [3.05, 3.63) is 57.0 Å². The number of nitrogens with one attached hydrogen (secondary N) is 2. The summed E-state index contributed by atoms with van der Waals surface area (Å²) < 4.78 is 0. The lowest BCUT2D eigenvalue weighted by molar-refractivity contribution is -0.140. The fraction of sp³-hybridized carbons (Fsp3) is 0.261. The van der Waals surface area contributed by atoms with Crippen LogP contribution < -0.4 is 15.8 Å². The summed E-state index contributed by atoms with van der Waals surface area (Å²) in [6, 6.07) is 7.28. The van der Waals surface area contributed by atoms with Gasteiger partial charge >= 0.3 is 11.9 Å². The predicted molar refractivity (Wildman–Crippen MR) is 127 cm³/mol. The Kier molecular flexibility index (Phi) is 7.65. The Bertz CT molecular complexity index is 1340. The molecule has 0 unspecified atom stereocenters. The molecule has 0 fully saturated rings. The first-order valence-corrected chi connectivity index (χ1v) is 11.0. The molecule has 0 spiro atoms. The van der Waals surface area contributed by atoms with Gasteiger partial charge in [0.15, 0.2) is 0 Å². The average molecular weight is 483 g/mol. The van der Waals surface area contributed by atoms with Gasteiger partial charge in [-0.05, 0) is 43.2 Å². The maximum Gasteiger partial charge on any atom is 0.326 e. The van der Waals surface area contributed by atoms with Crippen LogP contribution in [0.1, 0.15) is 33.9 Å². The summed E-state index contributed by atoms with van der Waals surface area (Å²) >= 11 is 1.12. The summed E-state index contributed by atoms with van der Waals surface area (Å²) in [7, 11) is 0. The Labute approximate surface area is 198 Å². The second-order valence-corrected chi connectivity index (χ2v) is 8.56. The van der Waals surface area contributed by atoms with Gasteiger partial charge < -0.3 is 25.4 Å². The number of fused-ring (bicyclic) bond motifs is 1. The molecule has 3 rings (SSSR count). The zero-order valence-electron chi connectivity index (χ0n) is 18.2. The number of thiophene rings is 1. The number of aliphatic carboxylic acids is 2. The van der Waals surface area contributed by atoms with Crippen molar-refractivity contribution in [2.75, 3.05) is 11.4 Å². The van der Waals surface area contributed by atoms with Crippen molar-refractivity contribution in [1.82, 2.24) is 15.3 Å². The maximum absolute atomic E-state index is 12.6. The van der Waals surface area contributed by atoms with Crippen LogP contribution in [0.3, 0.4) is 0 Å². The van der Waals surface area contributed by atoms with Gasteiger partial charge in [-0.1, -0.05) is 12.0 Å². The minimum Gasteiger partial charge on any atom is -0.481 e. The Morgan fingerprint density at radius 3 is 2.71 bits per heavy atom. The lowest BCUT2D eigenvalue weighted by Crippen LogP contribution is -2.40. The number of hydrogen-bond donors (Lipinski definition) is 4. The standard InChI is InChI=1S/C23H22N4O6S/c1-3-10-27(12-14-4-5-16-15(11-14)21(30)25-13(2)24-16)19-8-7-18(34-19)22(31)26-17(23(32)33)6-9-20(28)29/h1,4-5,7-8,11,17H,6,9-10,12H2,2H3,(H,26,31)(H,28,29)(H,32,33)(H,24,25,30)/t17-/m0/s1. The van der Waals surface area contributed by atoms with Gasteiger partial charge in [-0.3, -0.25) is 14.4 Å². The minimum absolute atomic E-state index is 0.229. The number of aromatic nitrogens is 2. The summed E-state index contributed by atoms with van der Waals surface area (Å²) in [6.07, 6.45) is 4.92. The number of benzene rings is 1. The average Bonchev–Trinajstić information content (AvgIpc) is 3.26. The fourth-order valence-corrected chi connectivity index (χ4v) is 4.23. The summed E-state index contributed by atoms with van der Waals surface area (Å²) in [5.41, 5.74) is 1.16. The van der Waals surface area contributed by atoms with E-state index in [1.165, 1.54) is 0 Å². The minimum atomic E-state index is -1.32. The fourth-order valence-electron chi connectivity index (χ4n) is 3.32. The first kappa shape index (κ1) is 24.5. The van der Waals surface area contributed by atoms with Gasteiger partial charge in [0.25, 0.3) is 11.5 Å². The van der Waals surface area contributed by atoms with Crippen LogP contribution in [0, 0.1) is 19.3 Å². The highest BCUT2D eigenvalue weighted by molar-refractivity contribution is 7.18. The molecule has 1 aromatic carbocycles. The molecule has 0 bridgehead atoms. The molecule has 1 amide bonds. The third-order valence-corrected chi connectivity index (χ3v) is 6.07. The van der Waals surface area contributed by atoms with E-state index in [9.17, 15) is 24.3 Å². The first-order chi connectivity index (χ1) is 16.2. The molecular formula is C23H22N4O6S. The van der Waals surface area contributed by atoms with E-state index in [0.717, 1.165) is 16.9 Å². The smallest absolute Gasteiger partial charge is 0.326 e. The molecule has 0 aliphatic rings. The molecule has 0 aliphatic carbocycles. The molecule has 0 radical (unpaired) electrons.